The summed E-state index contributed by atoms with van der Waals surface area (Å²) in [6, 6.07) is 12.3. The Hall–Kier alpha value is -3.05. The molecule has 34 heavy (non-hydrogen) atoms. The first-order valence-corrected chi connectivity index (χ1v) is 12.0. The third-order valence-corrected chi connectivity index (χ3v) is 6.61. The van der Waals surface area contributed by atoms with Gasteiger partial charge in [0.1, 0.15) is 18.5 Å². The molecule has 2 heterocycles. The normalized spacial score (nSPS) is 15.8. The minimum absolute atomic E-state index is 0.110. The van der Waals surface area contributed by atoms with E-state index in [4.69, 9.17) is 10.5 Å². The van der Waals surface area contributed by atoms with Crippen LogP contribution in [0.2, 0.25) is 0 Å². The molecule has 3 aromatic rings. The van der Waals surface area contributed by atoms with Gasteiger partial charge >= 0.3 is 0 Å². The second kappa shape index (κ2) is 10.9. The number of fused-ring (bicyclic) bond motifs is 1. The average molecular weight is 484 g/mol. The third kappa shape index (κ3) is 6.51. The van der Waals surface area contributed by atoms with Gasteiger partial charge in [0.05, 0.1) is 21.8 Å². The highest BCUT2D eigenvalue weighted by Gasteiger charge is 2.21. The molecule has 9 nitrogen and oxygen atoms in total. The third-order valence-electron chi connectivity index (χ3n) is 5.66. The quantitative estimate of drug-likeness (QED) is 0.424. The first-order chi connectivity index (χ1) is 16.4. The smallest absolute Gasteiger partial charge is 0.248 e. The molecule has 2 amide bonds. The second-order valence-corrected chi connectivity index (χ2v) is 9.63. The zero-order chi connectivity index (χ0) is 24.1. The fraction of sp³-hybridized carbons (Fsp3) is 0.375. The van der Waals surface area contributed by atoms with Crippen LogP contribution in [0.5, 0.6) is 5.75 Å². The Morgan fingerprint density at radius 2 is 1.85 bits per heavy atom. The summed E-state index contributed by atoms with van der Waals surface area (Å²) in [5, 5.41) is 14.3. The number of nitrogens with two attached hydrogens (primary N) is 1. The molecule has 4 rings (SSSR count). The van der Waals surface area contributed by atoms with Crippen LogP contribution in [0.3, 0.4) is 0 Å². The number of aliphatic hydroxyl groups excluding tert-OH is 1. The summed E-state index contributed by atoms with van der Waals surface area (Å²) in [5.74, 6) is 0.0950. The van der Waals surface area contributed by atoms with Crippen molar-refractivity contribution in [3.05, 3.63) is 53.0 Å². The summed E-state index contributed by atoms with van der Waals surface area (Å²) in [7, 11) is 0. The summed E-state index contributed by atoms with van der Waals surface area (Å²) < 4.78 is 6.90. The number of rotatable bonds is 9. The summed E-state index contributed by atoms with van der Waals surface area (Å²) >= 11 is 1.65. The van der Waals surface area contributed by atoms with Gasteiger partial charge in [0, 0.05) is 50.0 Å². The van der Waals surface area contributed by atoms with Crippen molar-refractivity contribution < 1.29 is 19.4 Å². The molecule has 0 saturated carbocycles. The lowest BCUT2D eigenvalue weighted by Gasteiger charge is -2.35. The highest BCUT2D eigenvalue weighted by molar-refractivity contribution is 7.18. The van der Waals surface area contributed by atoms with Gasteiger partial charge in [-0.05, 0) is 43.3 Å². The van der Waals surface area contributed by atoms with E-state index in [0.29, 0.717) is 23.5 Å². The predicted molar refractivity (Wildman–Crippen MR) is 132 cm³/mol. The van der Waals surface area contributed by atoms with E-state index in [-0.39, 0.29) is 19.1 Å². The number of primary amides is 1. The summed E-state index contributed by atoms with van der Waals surface area (Å²) in [6.07, 6.45) is -0.605. The number of aromatic nitrogens is 1. The lowest BCUT2D eigenvalue weighted by atomic mass is 10.2. The number of ether oxygens (including phenoxy) is 1. The molecule has 4 N–H and O–H groups in total. The van der Waals surface area contributed by atoms with E-state index in [1.165, 1.54) is 0 Å². The number of β-amino-alcohol motifs (C(OH)–C–C–N with tert-alkyl or cyclic N) is 1. The number of nitrogens with zero attached hydrogens (tertiary/aromatic N) is 3. The summed E-state index contributed by atoms with van der Waals surface area (Å²) in [4.78, 5) is 32.2. The fourth-order valence-corrected chi connectivity index (χ4v) is 4.71. The van der Waals surface area contributed by atoms with Gasteiger partial charge in [-0.15, -0.1) is 11.3 Å². The number of hydrogen-bond acceptors (Lipinski definition) is 8. The maximum absolute atomic E-state index is 12.3. The molecule has 180 valence electrons. The van der Waals surface area contributed by atoms with Crippen LogP contribution in [0.25, 0.3) is 10.2 Å². The molecule has 1 atom stereocenters. The van der Waals surface area contributed by atoms with Gasteiger partial charge in [0.15, 0.2) is 0 Å². The molecule has 0 spiro atoms. The van der Waals surface area contributed by atoms with Crippen molar-refractivity contribution in [1.29, 1.82) is 0 Å². The lowest BCUT2D eigenvalue weighted by Crippen LogP contribution is -2.50. The number of aliphatic hydroxyl groups is 1. The number of benzene rings is 2. The zero-order valence-electron chi connectivity index (χ0n) is 19.1. The number of anilines is 1. The molecule has 1 aliphatic rings. The molecule has 10 heteroatoms. The molecule has 1 aliphatic heterocycles. The van der Waals surface area contributed by atoms with E-state index < -0.39 is 12.0 Å². The highest BCUT2D eigenvalue weighted by Crippen LogP contribution is 2.25. The van der Waals surface area contributed by atoms with Crippen molar-refractivity contribution in [1.82, 2.24) is 14.8 Å². The van der Waals surface area contributed by atoms with Gasteiger partial charge < -0.3 is 20.9 Å². The first kappa shape index (κ1) is 24.1. The minimum atomic E-state index is -0.605. The Morgan fingerprint density at radius 3 is 2.56 bits per heavy atom. The van der Waals surface area contributed by atoms with Crippen molar-refractivity contribution in [2.75, 3.05) is 51.2 Å². The van der Waals surface area contributed by atoms with Crippen LogP contribution < -0.4 is 15.8 Å². The SMILES string of the molecule is Cc1nc2cc(OC[C@@H](O)CN3CCN(CC(=O)Nc4ccc(C(N)=O)cc4)CC3)ccc2s1. The molecule has 0 aliphatic carbocycles. The predicted octanol–water partition coefficient (Wildman–Crippen LogP) is 1.70. The van der Waals surface area contributed by atoms with Crippen molar-refractivity contribution in [2.24, 2.45) is 5.73 Å². The van der Waals surface area contributed by atoms with Crippen molar-refractivity contribution >= 4 is 39.1 Å². The first-order valence-electron chi connectivity index (χ1n) is 11.2. The van der Waals surface area contributed by atoms with E-state index in [0.717, 1.165) is 41.4 Å². The largest absolute Gasteiger partial charge is 0.491 e. The number of nitrogens with one attached hydrogen (secondary N) is 1. The average Bonchev–Trinajstić information content (AvgIpc) is 3.18. The summed E-state index contributed by atoms with van der Waals surface area (Å²) in [5.41, 5.74) is 7.17. The standard InChI is InChI=1S/C24H29N5O4S/c1-16-26-21-12-20(6-7-22(21)34-16)33-15-19(30)13-28-8-10-29(11-9-28)14-23(31)27-18-4-2-17(3-5-18)24(25)32/h2-7,12,19,30H,8-11,13-15H2,1H3,(H2,25,32)(H,27,31)/t19-/m0/s1. The minimum Gasteiger partial charge on any atom is -0.491 e. The molecule has 0 bridgehead atoms. The molecule has 1 aromatic heterocycles. The Kier molecular flexibility index (Phi) is 7.73. The molecule has 0 unspecified atom stereocenters. The molecule has 0 radical (unpaired) electrons. The molecular formula is C24H29N5O4S. The molecule has 1 saturated heterocycles. The van der Waals surface area contributed by atoms with Crippen molar-refractivity contribution in [3.63, 3.8) is 0 Å². The Morgan fingerprint density at radius 1 is 1.15 bits per heavy atom. The van der Waals surface area contributed by atoms with Crippen molar-refractivity contribution in [2.45, 2.75) is 13.0 Å². The zero-order valence-corrected chi connectivity index (χ0v) is 19.9. The van der Waals surface area contributed by atoms with Gasteiger partial charge in [-0.25, -0.2) is 4.98 Å². The topological polar surface area (TPSA) is 121 Å². The maximum Gasteiger partial charge on any atom is 0.248 e. The van der Waals surface area contributed by atoms with Crippen LogP contribution in [0.1, 0.15) is 15.4 Å². The second-order valence-electron chi connectivity index (χ2n) is 8.39. The molecular weight excluding hydrogens is 454 g/mol. The summed E-state index contributed by atoms with van der Waals surface area (Å²) in [6.45, 7) is 6.00. The number of thiazole rings is 1. The number of piperazine rings is 1. The Labute approximate surface area is 202 Å². The van der Waals surface area contributed by atoms with Gasteiger partial charge in [-0.1, -0.05) is 0 Å². The van der Waals surface area contributed by atoms with Crippen LogP contribution in [-0.4, -0.2) is 83.7 Å². The van der Waals surface area contributed by atoms with Crippen LogP contribution in [0.15, 0.2) is 42.5 Å². The molecule has 1 fully saturated rings. The van der Waals surface area contributed by atoms with E-state index in [9.17, 15) is 14.7 Å². The fourth-order valence-electron chi connectivity index (χ4n) is 3.91. The number of hydrogen-bond donors (Lipinski definition) is 3. The van der Waals surface area contributed by atoms with E-state index >= 15 is 0 Å². The van der Waals surface area contributed by atoms with Crippen molar-refractivity contribution in [3.8, 4) is 5.75 Å². The Balaban J connectivity index is 1.16. The number of amides is 2. The van der Waals surface area contributed by atoms with Gasteiger partial charge in [0.2, 0.25) is 11.8 Å². The Bertz CT molecular complexity index is 1140. The van der Waals surface area contributed by atoms with Gasteiger partial charge in [-0.2, -0.15) is 0 Å². The van der Waals surface area contributed by atoms with E-state index in [1.54, 1.807) is 35.6 Å². The number of aryl methyl sites for hydroxylation is 1. The monoisotopic (exact) mass is 483 g/mol. The van der Waals surface area contributed by atoms with Crippen LogP contribution >= 0.6 is 11.3 Å². The number of carbonyl (C=O) groups excluding carboxylic acids is 2. The van der Waals surface area contributed by atoms with E-state index in [1.807, 2.05) is 25.1 Å². The van der Waals surface area contributed by atoms with Crippen LogP contribution in [-0.2, 0) is 4.79 Å². The van der Waals surface area contributed by atoms with Gasteiger partial charge in [0.25, 0.3) is 0 Å². The van der Waals surface area contributed by atoms with Gasteiger partial charge in [-0.3, -0.25) is 19.4 Å². The lowest BCUT2D eigenvalue weighted by molar-refractivity contribution is -0.117. The highest BCUT2D eigenvalue weighted by atomic mass is 32.1. The maximum atomic E-state index is 12.3. The molecule has 2 aromatic carbocycles. The van der Waals surface area contributed by atoms with Crippen LogP contribution in [0.4, 0.5) is 5.69 Å². The number of carbonyl (C=O) groups is 2. The van der Waals surface area contributed by atoms with E-state index in [2.05, 4.69) is 20.1 Å². The van der Waals surface area contributed by atoms with Crippen LogP contribution in [0, 0.1) is 6.92 Å².